The third-order valence-corrected chi connectivity index (χ3v) is 4.40. The largest absolute Gasteiger partial charge is 0.484 e. The smallest absolute Gasteiger partial charge is 0.303 e. The second-order valence-electron chi connectivity index (χ2n) is 6.52. The van der Waals surface area contributed by atoms with Crippen molar-refractivity contribution in [3.05, 3.63) is 53.1 Å². The second kappa shape index (κ2) is 7.70. The molecule has 0 spiro atoms. The Bertz CT molecular complexity index is 804. The fourth-order valence-electron chi connectivity index (χ4n) is 3.34. The van der Waals surface area contributed by atoms with Crippen molar-refractivity contribution in [2.45, 2.75) is 33.0 Å². The summed E-state index contributed by atoms with van der Waals surface area (Å²) in [5.74, 6) is 0.370. The van der Waals surface area contributed by atoms with Crippen molar-refractivity contribution in [2.24, 2.45) is 0 Å². The molecular weight excluding hydrogens is 332 g/mol. The van der Waals surface area contributed by atoms with Crippen molar-refractivity contribution in [2.75, 3.05) is 13.2 Å². The van der Waals surface area contributed by atoms with E-state index in [9.17, 15) is 9.59 Å². The Morgan fingerprint density at radius 1 is 1.12 bits per heavy atom. The minimum Gasteiger partial charge on any atom is -0.484 e. The van der Waals surface area contributed by atoms with Crippen LogP contribution in [-0.2, 0) is 14.3 Å². The van der Waals surface area contributed by atoms with Crippen LogP contribution in [0, 0.1) is 13.8 Å². The van der Waals surface area contributed by atoms with Crippen molar-refractivity contribution in [3.63, 3.8) is 0 Å². The highest BCUT2D eigenvalue weighted by atomic mass is 16.6. The Morgan fingerprint density at radius 3 is 2.46 bits per heavy atom. The number of esters is 1. The van der Waals surface area contributed by atoms with Crippen molar-refractivity contribution in [1.29, 1.82) is 0 Å². The van der Waals surface area contributed by atoms with Gasteiger partial charge in [-0.15, -0.1) is 0 Å². The van der Waals surface area contributed by atoms with Gasteiger partial charge in [0.05, 0.1) is 13.2 Å². The van der Waals surface area contributed by atoms with Gasteiger partial charge in [-0.05, 0) is 54.3 Å². The zero-order valence-electron chi connectivity index (χ0n) is 15.2. The lowest BCUT2D eigenvalue weighted by molar-refractivity contribution is -0.149. The van der Waals surface area contributed by atoms with Gasteiger partial charge in [-0.1, -0.05) is 18.2 Å². The molecule has 1 aliphatic heterocycles. The molecule has 0 aromatic heterocycles. The van der Waals surface area contributed by atoms with E-state index in [1.807, 2.05) is 44.2 Å². The van der Waals surface area contributed by atoms with E-state index in [-0.39, 0.29) is 12.1 Å². The molecule has 5 nitrogen and oxygen atoms in total. The van der Waals surface area contributed by atoms with Gasteiger partial charge in [0.2, 0.25) is 0 Å². The highest BCUT2D eigenvalue weighted by Gasteiger charge is 2.33. The van der Waals surface area contributed by atoms with Gasteiger partial charge >= 0.3 is 5.97 Å². The number of carbonyl (C=O) groups is 2. The molecule has 2 unspecified atom stereocenters. The average molecular weight is 354 g/mol. The summed E-state index contributed by atoms with van der Waals surface area (Å²) in [7, 11) is 0. The maximum Gasteiger partial charge on any atom is 0.303 e. The van der Waals surface area contributed by atoms with Crippen LogP contribution in [0.3, 0.4) is 0 Å². The predicted octanol–water partition coefficient (Wildman–Crippen LogP) is 3.49. The van der Waals surface area contributed by atoms with Crippen LogP contribution in [0.5, 0.6) is 5.75 Å². The fourth-order valence-corrected chi connectivity index (χ4v) is 3.34. The number of hydrogen-bond acceptors (Lipinski definition) is 5. The summed E-state index contributed by atoms with van der Waals surface area (Å²) in [6.07, 6.45) is 0.139. The minimum absolute atomic E-state index is 0.318. The van der Waals surface area contributed by atoms with E-state index >= 15 is 0 Å². The predicted molar refractivity (Wildman–Crippen MR) is 97.5 cm³/mol. The molecule has 0 saturated carbocycles. The number of rotatable bonds is 5. The molecule has 0 aliphatic carbocycles. The van der Waals surface area contributed by atoms with Gasteiger partial charge in [0.15, 0.2) is 12.2 Å². The zero-order valence-corrected chi connectivity index (χ0v) is 15.2. The van der Waals surface area contributed by atoms with Crippen LogP contribution >= 0.6 is 0 Å². The highest BCUT2D eigenvalue weighted by molar-refractivity contribution is 5.80. The van der Waals surface area contributed by atoms with E-state index in [4.69, 9.17) is 14.2 Å². The first-order valence-corrected chi connectivity index (χ1v) is 8.56. The Balaban J connectivity index is 1.85. The van der Waals surface area contributed by atoms with Crippen LogP contribution in [-0.4, -0.2) is 37.7 Å². The van der Waals surface area contributed by atoms with E-state index in [1.165, 1.54) is 6.92 Å². The van der Waals surface area contributed by atoms with Crippen LogP contribution in [0.25, 0.3) is 11.1 Å². The van der Waals surface area contributed by atoms with E-state index in [1.54, 1.807) is 6.07 Å². The third-order valence-electron chi connectivity index (χ3n) is 4.40. The first-order chi connectivity index (χ1) is 12.5. The van der Waals surface area contributed by atoms with Crippen molar-refractivity contribution in [3.8, 4) is 16.9 Å². The summed E-state index contributed by atoms with van der Waals surface area (Å²) in [6.45, 7) is 6.14. The molecule has 5 heteroatoms. The maximum absolute atomic E-state index is 11.2. The average Bonchev–Trinajstić information content (AvgIpc) is 3.00. The van der Waals surface area contributed by atoms with Gasteiger partial charge < -0.3 is 14.2 Å². The molecule has 1 saturated heterocycles. The Labute approximate surface area is 152 Å². The van der Waals surface area contributed by atoms with Gasteiger partial charge in [0.1, 0.15) is 12.0 Å². The molecule has 0 bridgehead atoms. The lowest BCUT2D eigenvalue weighted by atomic mass is 9.94. The summed E-state index contributed by atoms with van der Waals surface area (Å²) < 4.78 is 16.7. The normalized spacial score (nSPS) is 19.2. The highest BCUT2D eigenvalue weighted by Crippen LogP contribution is 2.32. The van der Waals surface area contributed by atoms with Gasteiger partial charge in [-0.25, -0.2) is 0 Å². The monoisotopic (exact) mass is 354 g/mol. The number of carbonyl (C=O) groups excluding carboxylic acids is 2. The molecular formula is C21H22O5. The van der Waals surface area contributed by atoms with Crippen molar-refractivity contribution < 1.29 is 23.8 Å². The molecule has 26 heavy (non-hydrogen) atoms. The molecule has 1 fully saturated rings. The van der Waals surface area contributed by atoms with E-state index in [2.05, 4.69) is 0 Å². The topological polar surface area (TPSA) is 61.8 Å². The van der Waals surface area contributed by atoms with E-state index in [0.717, 1.165) is 28.5 Å². The lowest BCUT2D eigenvalue weighted by Gasteiger charge is -2.21. The third kappa shape index (κ3) is 3.94. The lowest BCUT2D eigenvalue weighted by Crippen LogP contribution is -2.33. The van der Waals surface area contributed by atoms with Crippen LogP contribution < -0.4 is 4.74 Å². The van der Waals surface area contributed by atoms with Gasteiger partial charge in [-0.2, -0.15) is 0 Å². The Hall–Kier alpha value is -2.66. The minimum atomic E-state index is -0.392. The molecule has 2 aromatic carbocycles. The molecule has 1 heterocycles. The summed E-state index contributed by atoms with van der Waals surface area (Å²) in [5.41, 5.74) is 4.82. The van der Waals surface area contributed by atoms with E-state index in [0.29, 0.717) is 24.5 Å². The molecule has 136 valence electrons. The number of aryl methyl sites for hydroxylation is 2. The van der Waals surface area contributed by atoms with Crippen molar-refractivity contribution >= 4 is 12.3 Å². The Kier molecular flexibility index (Phi) is 5.38. The molecule has 1 aliphatic rings. The first-order valence-electron chi connectivity index (χ1n) is 8.56. The Morgan fingerprint density at radius 2 is 1.81 bits per heavy atom. The summed E-state index contributed by atoms with van der Waals surface area (Å²) in [6, 6.07) is 11.4. The van der Waals surface area contributed by atoms with Gasteiger partial charge in [0, 0.05) is 12.5 Å². The molecule has 2 atom stereocenters. The SMILES string of the molecule is CC(=O)OC1COCC1Oc1cc(C)c(-c2cccc(C=O)c2)c(C)c1. The number of ether oxygens (including phenoxy) is 3. The molecule has 2 aromatic rings. The van der Waals surface area contributed by atoms with Crippen LogP contribution in [0.15, 0.2) is 36.4 Å². The number of benzene rings is 2. The fraction of sp³-hybridized carbons (Fsp3) is 0.333. The molecule has 0 radical (unpaired) electrons. The molecule has 0 amide bonds. The summed E-state index contributed by atoms with van der Waals surface area (Å²) in [5, 5.41) is 0. The van der Waals surface area contributed by atoms with Gasteiger partial charge in [-0.3, -0.25) is 9.59 Å². The summed E-state index contributed by atoms with van der Waals surface area (Å²) in [4.78, 5) is 22.2. The number of hydrogen-bond donors (Lipinski definition) is 0. The first kappa shape index (κ1) is 18.1. The molecule has 3 rings (SSSR count). The number of aldehydes is 1. The van der Waals surface area contributed by atoms with Crippen LogP contribution in [0.2, 0.25) is 0 Å². The van der Waals surface area contributed by atoms with Crippen LogP contribution in [0.4, 0.5) is 0 Å². The van der Waals surface area contributed by atoms with E-state index < -0.39 is 6.10 Å². The maximum atomic E-state index is 11.2. The van der Waals surface area contributed by atoms with Crippen molar-refractivity contribution in [1.82, 2.24) is 0 Å². The standard InChI is InChI=1S/C21H22O5/c1-13-7-18(26-20-12-24-11-19(20)25-15(3)23)8-14(2)21(13)17-6-4-5-16(9-17)10-22/h4-10,19-20H,11-12H2,1-3H3. The van der Waals surface area contributed by atoms with Gasteiger partial charge in [0.25, 0.3) is 0 Å². The summed E-state index contributed by atoms with van der Waals surface area (Å²) >= 11 is 0. The van der Waals surface area contributed by atoms with Crippen LogP contribution in [0.1, 0.15) is 28.4 Å². The second-order valence-corrected chi connectivity index (χ2v) is 6.52. The molecule has 0 N–H and O–H groups in total. The zero-order chi connectivity index (χ0) is 18.7. The quantitative estimate of drug-likeness (QED) is 0.607.